The average molecular weight is 582 g/mol. The van der Waals surface area contributed by atoms with Gasteiger partial charge in [0, 0.05) is 31.9 Å². The molecule has 9 heteroatoms. The van der Waals surface area contributed by atoms with Crippen LogP contribution in [0.15, 0.2) is 90.5 Å². The van der Waals surface area contributed by atoms with E-state index >= 15 is 0 Å². The topological polar surface area (TPSA) is 71.3 Å². The van der Waals surface area contributed by atoms with Gasteiger partial charge in [0.2, 0.25) is 0 Å². The number of nitriles is 1. The van der Waals surface area contributed by atoms with E-state index < -0.39 is 5.91 Å². The van der Waals surface area contributed by atoms with Gasteiger partial charge in [0.15, 0.2) is 0 Å². The van der Waals surface area contributed by atoms with E-state index in [1.165, 1.54) is 18.2 Å². The van der Waals surface area contributed by atoms with Crippen LogP contribution in [0.4, 0.5) is 10.1 Å². The van der Waals surface area contributed by atoms with Gasteiger partial charge in [0.25, 0.3) is 5.91 Å². The fourth-order valence-corrected chi connectivity index (χ4v) is 4.09. The first-order valence-electron chi connectivity index (χ1n) is 11.6. The Labute approximate surface area is 240 Å². The number of amides is 1. The molecule has 196 valence electrons. The number of benzene rings is 4. The lowest BCUT2D eigenvalue weighted by Gasteiger charge is -2.11. The highest BCUT2D eigenvalue weighted by molar-refractivity contribution is 6.35. The molecule has 0 spiro atoms. The number of carbonyl (C=O) groups excluding carboxylic acids is 1. The van der Waals surface area contributed by atoms with Gasteiger partial charge in [-0.1, -0.05) is 53.0 Å². The largest absolute Gasteiger partial charge is 0.489 e. The quantitative estimate of drug-likeness (QED) is 0.159. The van der Waals surface area contributed by atoms with E-state index in [9.17, 15) is 14.4 Å². The van der Waals surface area contributed by atoms with Gasteiger partial charge in [-0.05, 0) is 78.4 Å². The van der Waals surface area contributed by atoms with Gasteiger partial charge in [-0.3, -0.25) is 4.79 Å². The minimum atomic E-state index is -0.608. The van der Waals surface area contributed by atoms with Gasteiger partial charge in [-0.15, -0.1) is 0 Å². The first-order valence-corrected chi connectivity index (χ1v) is 12.7. The summed E-state index contributed by atoms with van der Waals surface area (Å²) in [5.41, 5.74) is 2.30. The van der Waals surface area contributed by atoms with Gasteiger partial charge >= 0.3 is 0 Å². The van der Waals surface area contributed by atoms with E-state index in [1.54, 1.807) is 72.8 Å². The van der Waals surface area contributed by atoms with Gasteiger partial charge in [-0.25, -0.2) is 4.39 Å². The van der Waals surface area contributed by atoms with E-state index in [1.807, 2.05) is 6.07 Å². The third-order valence-corrected chi connectivity index (χ3v) is 6.29. The molecule has 0 fully saturated rings. The van der Waals surface area contributed by atoms with E-state index in [2.05, 4.69) is 5.32 Å². The molecule has 0 aromatic heterocycles. The first kappa shape index (κ1) is 28.0. The molecule has 0 aliphatic heterocycles. The zero-order chi connectivity index (χ0) is 27.8. The summed E-state index contributed by atoms with van der Waals surface area (Å²) in [5.74, 6) is 0.0237. The lowest BCUT2D eigenvalue weighted by atomic mass is 10.1. The van der Waals surface area contributed by atoms with Crippen LogP contribution in [0.2, 0.25) is 15.1 Å². The molecule has 4 aromatic rings. The fraction of sp³-hybridized carbons (Fsp3) is 0.0667. The Morgan fingerprint density at radius 3 is 2.26 bits per heavy atom. The van der Waals surface area contributed by atoms with Crippen LogP contribution >= 0.6 is 34.8 Å². The molecule has 39 heavy (non-hydrogen) atoms. The number of hydrogen-bond acceptors (Lipinski definition) is 4. The Hall–Kier alpha value is -4.02. The van der Waals surface area contributed by atoms with Gasteiger partial charge < -0.3 is 14.8 Å². The van der Waals surface area contributed by atoms with Crippen molar-refractivity contribution in [2.24, 2.45) is 0 Å². The van der Waals surface area contributed by atoms with E-state index in [0.29, 0.717) is 37.8 Å². The lowest BCUT2D eigenvalue weighted by molar-refractivity contribution is -0.112. The second-order valence-corrected chi connectivity index (χ2v) is 9.55. The van der Waals surface area contributed by atoms with Crippen LogP contribution in [-0.4, -0.2) is 5.91 Å². The number of hydrogen-bond donors (Lipinski definition) is 1. The fourth-order valence-electron chi connectivity index (χ4n) is 3.44. The predicted molar refractivity (Wildman–Crippen MR) is 152 cm³/mol. The smallest absolute Gasteiger partial charge is 0.266 e. The predicted octanol–water partition coefficient (Wildman–Crippen LogP) is 8.49. The zero-order valence-corrected chi connectivity index (χ0v) is 22.5. The SMILES string of the molecule is N#C/C(=C\c1cc(Cl)ccc1OCc1ccc(F)cc1)C(=O)Nc1ccc(OCc2ccc(Cl)cc2Cl)cc1. The summed E-state index contributed by atoms with van der Waals surface area (Å²) in [7, 11) is 0. The zero-order valence-electron chi connectivity index (χ0n) is 20.3. The maximum absolute atomic E-state index is 13.2. The Bertz CT molecular complexity index is 1550. The van der Waals surface area contributed by atoms with Crippen molar-refractivity contribution in [3.05, 3.63) is 128 Å². The molecule has 0 radical (unpaired) electrons. The van der Waals surface area contributed by atoms with Gasteiger partial charge in [-0.2, -0.15) is 5.26 Å². The summed E-state index contributed by atoms with van der Waals surface area (Å²) >= 11 is 18.2. The summed E-state index contributed by atoms with van der Waals surface area (Å²) in [6.07, 6.45) is 1.40. The van der Waals surface area contributed by atoms with Crippen molar-refractivity contribution in [2.75, 3.05) is 5.32 Å². The summed E-state index contributed by atoms with van der Waals surface area (Å²) < 4.78 is 24.8. The van der Waals surface area contributed by atoms with Crippen LogP contribution in [0, 0.1) is 17.1 Å². The number of rotatable bonds is 9. The first-order chi connectivity index (χ1) is 18.8. The molecule has 5 nitrogen and oxygen atoms in total. The van der Waals surface area contributed by atoms with Crippen molar-refractivity contribution in [3.63, 3.8) is 0 Å². The van der Waals surface area contributed by atoms with Crippen molar-refractivity contribution < 1.29 is 18.7 Å². The molecule has 0 heterocycles. The van der Waals surface area contributed by atoms with Crippen molar-refractivity contribution >= 4 is 52.5 Å². The molecule has 0 aliphatic rings. The molecule has 0 unspecified atom stereocenters. The molecule has 0 aliphatic carbocycles. The van der Waals surface area contributed by atoms with E-state index in [4.69, 9.17) is 44.3 Å². The van der Waals surface area contributed by atoms with Crippen molar-refractivity contribution in [2.45, 2.75) is 13.2 Å². The molecule has 1 N–H and O–H groups in total. The third kappa shape index (κ3) is 7.98. The molecule has 0 saturated carbocycles. The van der Waals surface area contributed by atoms with Crippen LogP contribution < -0.4 is 14.8 Å². The van der Waals surface area contributed by atoms with Crippen LogP contribution in [0.1, 0.15) is 16.7 Å². The average Bonchev–Trinajstić information content (AvgIpc) is 2.92. The molecule has 0 atom stereocenters. The normalized spacial score (nSPS) is 11.0. The molecular formula is C30H20Cl3FN2O3. The highest BCUT2D eigenvalue weighted by atomic mass is 35.5. The van der Waals surface area contributed by atoms with Crippen LogP contribution in [-0.2, 0) is 18.0 Å². The summed E-state index contributed by atoms with van der Waals surface area (Å²) in [4.78, 5) is 12.8. The minimum absolute atomic E-state index is 0.151. The summed E-state index contributed by atoms with van der Waals surface area (Å²) in [6, 6.07) is 24.5. The number of halogens is 4. The maximum atomic E-state index is 13.2. The highest BCUT2D eigenvalue weighted by Crippen LogP contribution is 2.27. The van der Waals surface area contributed by atoms with Crippen LogP contribution in [0.25, 0.3) is 6.08 Å². The van der Waals surface area contributed by atoms with Gasteiger partial charge in [0.05, 0.1) is 0 Å². The van der Waals surface area contributed by atoms with E-state index in [-0.39, 0.29) is 24.6 Å². The van der Waals surface area contributed by atoms with Gasteiger partial charge in [0.1, 0.15) is 42.2 Å². The molecule has 0 bridgehead atoms. The van der Waals surface area contributed by atoms with Crippen molar-refractivity contribution in [1.82, 2.24) is 0 Å². The molecule has 0 saturated heterocycles. The Balaban J connectivity index is 1.42. The second-order valence-electron chi connectivity index (χ2n) is 8.27. The minimum Gasteiger partial charge on any atom is -0.489 e. The van der Waals surface area contributed by atoms with Crippen molar-refractivity contribution in [1.29, 1.82) is 5.26 Å². The Kier molecular flexibility index (Phi) is 9.45. The third-order valence-electron chi connectivity index (χ3n) is 5.47. The van der Waals surface area contributed by atoms with Crippen molar-refractivity contribution in [3.8, 4) is 17.6 Å². The number of nitrogens with zero attached hydrogens (tertiary/aromatic N) is 1. The van der Waals surface area contributed by atoms with Crippen LogP contribution in [0.3, 0.4) is 0 Å². The molecule has 4 aromatic carbocycles. The summed E-state index contributed by atoms with van der Waals surface area (Å²) in [6.45, 7) is 0.406. The lowest BCUT2D eigenvalue weighted by Crippen LogP contribution is -2.13. The standard InChI is InChI=1S/C30H20Cl3FN2O3/c31-23-5-12-29(39-17-19-1-6-25(34)7-2-19)21(14-23)13-22(16-35)30(37)36-26-8-10-27(11-9-26)38-18-20-3-4-24(32)15-28(20)33/h1-15H,17-18H2,(H,36,37)/b22-13+. The number of ether oxygens (including phenoxy) is 2. The second kappa shape index (κ2) is 13.2. The summed E-state index contributed by atoms with van der Waals surface area (Å²) in [5, 5.41) is 13.8. The molecular weight excluding hydrogens is 562 g/mol. The van der Waals surface area contributed by atoms with E-state index in [0.717, 1.165) is 11.1 Å². The highest BCUT2D eigenvalue weighted by Gasteiger charge is 2.13. The Morgan fingerprint density at radius 2 is 1.56 bits per heavy atom. The maximum Gasteiger partial charge on any atom is 0.266 e. The number of carbonyl (C=O) groups is 1. The number of anilines is 1. The monoisotopic (exact) mass is 580 g/mol. The molecule has 4 rings (SSSR count). The van der Waals surface area contributed by atoms with Crippen LogP contribution in [0.5, 0.6) is 11.5 Å². The number of nitrogens with one attached hydrogen (secondary N) is 1. The molecule has 1 amide bonds. The Morgan fingerprint density at radius 1 is 0.872 bits per heavy atom.